The second-order valence-electron chi connectivity index (χ2n) is 4.10. The van der Waals surface area contributed by atoms with Gasteiger partial charge < -0.3 is 25.5 Å². The van der Waals surface area contributed by atoms with Crippen LogP contribution in [0.25, 0.3) is 6.08 Å². The molecule has 8 heteroatoms. The van der Waals surface area contributed by atoms with E-state index < -0.39 is 29.4 Å². The molecule has 0 heterocycles. The van der Waals surface area contributed by atoms with Crippen LogP contribution in [-0.2, 0) is 14.4 Å². The minimum atomic E-state index is -3.49. The summed E-state index contributed by atoms with van der Waals surface area (Å²) < 4.78 is 0. The second-order valence-corrected chi connectivity index (χ2v) is 4.10. The van der Waals surface area contributed by atoms with Crippen molar-refractivity contribution in [2.75, 3.05) is 0 Å². The molecule has 0 aromatic heterocycles. The minimum Gasteiger partial charge on any atom is -0.508 e. The number of hydrogen-bond acceptors (Lipinski definition) is 6. The van der Waals surface area contributed by atoms with Gasteiger partial charge in [0, 0.05) is 0 Å². The first kappa shape index (κ1) is 16.3. The first-order valence-electron chi connectivity index (χ1n) is 5.57. The number of carbonyl (C=O) groups excluding carboxylic acids is 1. The lowest BCUT2D eigenvalue weighted by molar-refractivity contribution is -0.184. The van der Waals surface area contributed by atoms with E-state index in [1.807, 2.05) is 0 Å². The highest BCUT2D eigenvalue weighted by atomic mass is 16.4. The van der Waals surface area contributed by atoms with Crippen LogP contribution in [0.1, 0.15) is 5.56 Å². The third-order valence-electron chi connectivity index (χ3n) is 2.65. The molecule has 0 bridgehead atoms. The number of aliphatic hydroxyl groups is 2. The predicted octanol–water partition coefficient (Wildman–Crippen LogP) is -0.764. The van der Waals surface area contributed by atoms with Crippen LogP contribution in [-0.4, -0.2) is 55.0 Å². The van der Waals surface area contributed by atoms with E-state index >= 15 is 0 Å². The Hall–Kier alpha value is -2.71. The first-order chi connectivity index (χ1) is 9.69. The number of carboxylic acid groups (broad SMARTS) is 2. The van der Waals surface area contributed by atoms with E-state index in [2.05, 4.69) is 0 Å². The average Bonchev–Trinajstić information content (AvgIpc) is 2.44. The van der Waals surface area contributed by atoms with Crippen LogP contribution in [0, 0.1) is 0 Å². The number of ketones is 1. The summed E-state index contributed by atoms with van der Waals surface area (Å²) >= 11 is 0. The third-order valence-corrected chi connectivity index (χ3v) is 2.65. The van der Waals surface area contributed by atoms with Crippen molar-refractivity contribution in [3.63, 3.8) is 0 Å². The maximum Gasteiger partial charge on any atom is 0.347 e. The number of rotatable bonds is 6. The number of aromatic hydroxyl groups is 1. The van der Waals surface area contributed by atoms with E-state index in [0.29, 0.717) is 11.6 Å². The summed E-state index contributed by atoms with van der Waals surface area (Å²) in [5.74, 6) is -5.76. The fourth-order valence-corrected chi connectivity index (χ4v) is 1.42. The molecule has 2 unspecified atom stereocenters. The molecule has 1 aromatic rings. The standard InChI is InChI=1S/C13H12O8/c14-8-4-1-7(2-5-8)3-6-9(15)13(21,12(19)20)10(16)11(17)18/h1-6,10,14,16,21H,(H,17,18)(H,19,20)/b6-3+. The smallest absolute Gasteiger partial charge is 0.347 e. The number of hydrogen-bond donors (Lipinski definition) is 5. The summed E-state index contributed by atoms with van der Waals surface area (Å²) in [6, 6.07) is 5.40. The third kappa shape index (κ3) is 3.44. The zero-order chi connectivity index (χ0) is 16.2. The van der Waals surface area contributed by atoms with E-state index in [-0.39, 0.29) is 5.75 Å². The van der Waals surface area contributed by atoms with Gasteiger partial charge in [-0.3, -0.25) is 4.79 Å². The Morgan fingerprint density at radius 2 is 1.62 bits per heavy atom. The molecule has 5 N–H and O–H groups in total. The fraction of sp³-hybridized carbons (Fsp3) is 0.154. The van der Waals surface area contributed by atoms with Gasteiger partial charge in [-0.05, 0) is 23.8 Å². The molecule has 2 atom stereocenters. The van der Waals surface area contributed by atoms with Gasteiger partial charge >= 0.3 is 11.9 Å². The van der Waals surface area contributed by atoms with Crippen molar-refractivity contribution >= 4 is 23.8 Å². The van der Waals surface area contributed by atoms with Crippen molar-refractivity contribution in [1.29, 1.82) is 0 Å². The molecule has 1 aromatic carbocycles. The van der Waals surface area contributed by atoms with Crippen LogP contribution in [0.15, 0.2) is 30.3 Å². The van der Waals surface area contributed by atoms with Crippen molar-refractivity contribution in [3.8, 4) is 5.75 Å². The molecular formula is C13H12O8. The fourth-order valence-electron chi connectivity index (χ4n) is 1.42. The van der Waals surface area contributed by atoms with E-state index in [9.17, 15) is 24.6 Å². The molecule has 0 saturated heterocycles. The molecular weight excluding hydrogens is 284 g/mol. The maximum absolute atomic E-state index is 11.7. The van der Waals surface area contributed by atoms with Crippen molar-refractivity contribution in [2.45, 2.75) is 11.7 Å². The van der Waals surface area contributed by atoms with Crippen LogP contribution in [0.5, 0.6) is 5.75 Å². The highest BCUT2D eigenvalue weighted by Gasteiger charge is 2.53. The quantitative estimate of drug-likeness (QED) is 0.339. The number of carboxylic acids is 2. The number of aliphatic carboxylic acids is 2. The summed E-state index contributed by atoms with van der Waals surface area (Å²) in [6.07, 6.45) is -1.08. The van der Waals surface area contributed by atoms with Gasteiger partial charge in [0.2, 0.25) is 5.78 Å². The molecule has 0 spiro atoms. The molecule has 21 heavy (non-hydrogen) atoms. The zero-order valence-electron chi connectivity index (χ0n) is 10.5. The van der Waals surface area contributed by atoms with Crippen LogP contribution in [0.4, 0.5) is 0 Å². The highest BCUT2D eigenvalue weighted by Crippen LogP contribution is 2.16. The van der Waals surface area contributed by atoms with Gasteiger partial charge in [-0.1, -0.05) is 18.2 Å². The van der Waals surface area contributed by atoms with Crippen molar-refractivity contribution < 1.29 is 39.9 Å². The topological polar surface area (TPSA) is 152 Å². The Labute approximate surface area is 118 Å². The minimum absolute atomic E-state index is 0.0261. The molecule has 8 nitrogen and oxygen atoms in total. The van der Waals surface area contributed by atoms with E-state index in [1.165, 1.54) is 24.3 Å². The number of phenols is 1. The number of aliphatic hydroxyl groups excluding tert-OH is 1. The Balaban J connectivity index is 3.05. The molecule has 112 valence electrons. The van der Waals surface area contributed by atoms with Gasteiger partial charge in [-0.25, -0.2) is 9.59 Å². The largest absolute Gasteiger partial charge is 0.508 e. The molecule has 0 aliphatic heterocycles. The maximum atomic E-state index is 11.7. The monoisotopic (exact) mass is 296 g/mol. The summed E-state index contributed by atoms with van der Waals surface area (Å²) in [5, 5.41) is 45.3. The van der Waals surface area contributed by atoms with E-state index in [1.54, 1.807) is 0 Å². The van der Waals surface area contributed by atoms with Crippen LogP contribution < -0.4 is 0 Å². The van der Waals surface area contributed by atoms with Crippen LogP contribution in [0.3, 0.4) is 0 Å². The number of benzene rings is 1. The van der Waals surface area contributed by atoms with E-state index in [0.717, 1.165) is 6.08 Å². The number of carbonyl (C=O) groups is 3. The zero-order valence-corrected chi connectivity index (χ0v) is 10.5. The predicted molar refractivity (Wildman–Crippen MR) is 68.4 cm³/mol. The molecule has 0 saturated carbocycles. The summed E-state index contributed by atoms with van der Waals surface area (Å²) in [5.41, 5.74) is -3.10. The van der Waals surface area contributed by atoms with Gasteiger partial charge in [-0.2, -0.15) is 0 Å². The van der Waals surface area contributed by atoms with Gasteiger partial charge in [-0.15, -0.1) is 0 Å². The highest BCUT2D eigenvalue weighted by molar-refractivity contribution is 6.16. The summed E-state index contributed by atoms with van der Waals surface area (Å²) in [4.78, 5) is 33.2. The summed E-state index contributed by atoms with van der Waals surface area (Å²) in [6.45, 7) is 0. The molecule has 0 fully saturated rings. The molecule has 1 rings (SSSR count). The lowest BCUT2D eigenvalue weighted by Gasteiger charge is -2.22. The van der Waals surface area contributed by atoms with Crippen LogP contribution in [0.2, 0.25) is 0 Å². The Morgan fingerprint density at radius 1 is 1.10 bits per heavy atom. The Kier molecular flexibility index (Phi) is 4.79. The van der Waals surface area contributed by atoms with Crippen molar-refractivity contribution in [1.82, 2.24) is 0 Å². The van der Waals surface area contributed by atoms with Gasteiger partial charge in [0.1, 0.15) is 5.75 Å². The molecule has 0 aliphatic carbocycles. The van der Waals surface area contributed by atoms with Gasteiger partial charge in [0.05, 0.1) is 0 Å². The molecule has 0 radical (unpaired) electrons. The Bertz CT molecular complexity index is 589. The van der Waals surface area contributed by atoms with Crippen molar-refractivity contribution in [2.24, 2.45) is 0 Å². The molecule has 0 aliphatic rings. The van der Waals surface area contributed by atoms with Crippen LogP contribution >= 0.6 is 0 Å². The lowest BCUT2D eigenvalue weighted by Crippen LogP contribution is -2.58. The molecule has 0 amide bonds. The SMILES string of the molecule is O=C(O)C(O)C(O)(C(=O)O)C(=O)/C=C/c1ccc(O)cc1. The second kappa shape index (κ2) is 6.16. The normalized spacial score (nSPS) is 15.3. The van der Waals surface area contributed by atoms with Crippen molar-refractivity contribution in [3.05, 3.63) is 35.9 Å². The Morgan fingerprint density at radius 3 is 2.05 bits per heavy atom. The average molecular weight is 296 g/mol. The van der Waals surface area contributed by atoms with Gasteiger partial charge in [0.25, 0.3) is 5.60 Å². The summed E-state index contributed by atoms with van der Waals surface area (Å²) in [7, 11) is 0. The first-order valence-corrected chi connectivity index (χ1v) is 5.57. The van der Waals surface area contributed by atoms with E-state index in [4.69, 9.17) is 15.3 Å². The lowest BCUT2D eigenvalue weighted by atomic mass is 9.91. The van der Waals surface area contributed by atoms with Gasteiger partial charge in [0.15, 0.2) is 6.10 Å². The number of phenolic OH excluding ortho intramolecular Hbond substituents is 1.